The van der Waals surface area contributed by atoms with Gasteiger partial charge in [0.15, 0.2) is 0 Å². The lowest BCUT2D eigenvalue weighted by atomic mass is 9.91. The number of carboxylic acids is 1. The van der Waals surface area contributed by atoms with Gasteiger partial charge in [0, 0.05) is 6.04 Å². The number of rotatable bonds is 4. The molecule has 0 heterocycles. The molecular formula is C13H17NO5S. The Morgan fingerprint density at radius 3 is 2.40 bits per heavy atom. The van der Waals surface area contributed by atoms with Crippen molar-refractivity contribution in [3.05, 3.63) is 28.8 Å². The van der Waals surface area contributed by atoms with E-state index in [2.05, 4.69) is 4.72 Å². The van der Waals surface area contributed by atoms with E-state index in [1.807, 2.05) is 0 Å². The summed E-state index contributed by atoms with van der Waals surface area (Å²) in [5.41, 5.74) is 1.09. The fourth-order valence-corrected chi connectivity index (χ4v) is 3.80. The van der Waals surface area contributed by atoms with Crippen LogP contribution in [0.25, 0.3) is 0 Å². The summed E-state index contributed by atoms with van der Waals surface area (Å²) in [6.07, 6.45) is 0.307. The predicted octanol–water partition coefficient (Wildman–Crippen LogP) is 0.803. The molecule has 0 aromatic heterocycles. The number of nitrogens with one attached hydrogen (secondary N) is 1. The van der Waals surface area contributed by atoms with Crippen LogP contribution in [0.15, 0.2) is 17.0 Å². The second-order valence-electron chi connectivity index (χ2n) is 5.16. The van der Waals surface area contributed by atoms with Gasteiger partial charge in [-0.2, -0.15) is 0 Å². The summed E-state index contributed by atoms with van der Waals surface area (Å²) in [7, 11) is -3.78. The van der Waals surface area contributed by atoms with Gasteiger partial charge in [0.1, 0.15) is 0 Å². The quantitative estimate of drug-likeness (QED) is 0.763. The van der Waals surface area contributed by atoms with Crippen molar-refractivity contribution in [2.45, 2.75) is 43.7 Å². The highest BCUT2D eigenvalue weighted by Gasteiger charge is 2.32. The molecule has 0 saturated heterocycles. The molecule has 20 heavy (non-hydrogen) atoms. The van der Waals surface area contributed by atoms with E-state index < -0.39 is 22.1 Å². The molecule has 1 aromatic carbocycles. The molecule has 0 unspecified atom stereocenters. The molecule has 1 aliphatic carbocycles. The first-order valence-electron chi connectivity index (χ1n) is 6.25. The summed E-state index contributed by atoms with van der Waals surface area (Å²) in [4.78, 5) is 11.0. The zero-order chi connectivity index (χ0) is 15.1. The highest BCUT2D eigenvalue weighted by atomic mass is 32.2. The number of hydrogen-bond acceptors (Lipinski definition) is 4. The Labute approximate surface area is 117 Å². The summed E-state index contributed by atoms with van der Waals surface area (Å²) >= 11 is 0. The second-order valence-corrected chi connectivity index (χ2v) is 6.85. The van der Waals surface area contributed by atoms with Crippen LogP contribution in [0.3, 0.4) is 0 Å². The summed E-state index contributed by atoms with van der Waals surface area (Å²) < 4.78 is 27.1. The number of hydrogen-bond donors (Lipinski definition) is 3. The van der Waals surface area contributed by atoms with Crippen LogP contribution < -0.4 is 4.72 Å². The van der Waals surface area contributed by atoms with Crippen LogP contribution in [0.4, 0.5) is 0 Å². The SMILES string of the molecule is Cc1cc(C(=O)O)cc(S(=O)(=O)NC2CC(O)C2)c1C. The van der Waals surface area contributed by atoms with Crippen molar-refractivity contribution in [2.75, 3.05) is 0 Å². The van der Waals surface area contributed by atoms with Crippen LogP contribution in [-0.4, -0.2) is 36.7 Å². The molecule has 110 valence electrons. The van der Waals surface area contributed by atoms with E-state index in [4.69, 9.17) is 5.11 Å². The molecule has 0 atom stereocenters. The number of aryl methyl sites for hydroxylation is 1. The predicted molar refractivity (Wildman–Crippen MR) is 72.2 cm³/mol. The van der Waals surface area contributed by atoms with Gasteiger partial charge in [0.2, 0.25) is 10.0 Å². The minimum Gasteiger partial charge on any atom is -0.478 e. The third-order valence-corrected chi connectivity index (χ3v) is 5.24. The smallest absolute Gasteiger partial charge is 0.335 e. The molecule has 0 aliphatic heterocycles. The average molecular weight is 299 g/mol. The Hall–Kier alpha value is -1.44. The van der Waals surface area contributed by atoms with Crippen LogP contribution in [0.5, 0.6) is 0 Å². The Morgan fingerprint density at radius 2 is 1.90 bits per heavy atom. The molecule has 6 nitrogen and oxygen atoms in total. The molecule has 3 N–H and O–H groups in total. The minimum atomic E-state index is -3.78. The van der Waals surface area contributed by atoms with Crippen LogP contribution in [0.2, 0.25) is 0 Å². The number of aliphatic hydroxyl groups excluding tert-OH is 1. The van der Waals surface area contributed by atoms with Gasteiger partial charge in [0.25, 0.3) is 0 Å². The molecular weight excluding hydrogens is 282 g/mol. The molecule has 2 rings (SSSR count). The fourth-order valence-electron chi connectivity index (χ4n) is 2.20. The summed E-state index contributed by atoms with van der Waals surface area (Å²) in [5.74, 6) is -1.16. The largest absolute Gasteiger partial charge is 0.478 e. The lowest BCUT2D eigenvalue weighted by Crippen LogP contribution is -2.46. The van der Waals surface area contributed by atoms with Crippen LogP contribution in [0.1, 0.15) is 34.3 Å². The lowest BCUT2D eigenvalue weighted by Gasteiger charge is -2.31. The van der Waals surface area contributed by atoms with Crippen LogP contribution in [-0.2, 0) is 10.0 Å². The minimum absolute atomic E-state index is 0.0173. The van der Waals surface area contributed by atoms with Crippen molar-refractivity contribution in [3.8, 4) is 0 Å². The van der Waals surface area contributed by atoms with Gasteiger partial charge in [-0.25, -0.2) is 17.9 Å². The van der Waals surface area contributed by atoms with Crippen molar-refractivity contribution in [1.29, 1.82) is 0 Å². The Balaban J connectivity index is 2.37. The first-order chi connectivity index (χ1) is 9.20. The van der Waals surface area contributed by atoms with Crippen LogP contribution in [0, 0.1) is 13.8 Å². The zero-order valence-corrected chi connectivity index (χ0v) is 12.1. The average Bonchev–Trinajstić information content (AvgIpc) is 2.29. The van der Waals surface area contributed by atoms with Gasteiger partial charge >= 0.3 is 5.97 Å². The second kappa shape index (κ2) is 5.16. The van der Waals surface area contributed by atoms with E-state index in [0.29, 0.717) is 24.0 Å². The Bertz CT molecular complexity index is 647. The molecule has 1 saturated carbocycles. The van der Waals surface area contributed by atoms with E-state index in [9.17, 15) is 18.3 Å². The molecule has 0 bridgehead atoms. The molecule has 1 aliphatic rings. The fraction of sp³-hybridized carbons (Fsp3) is 0.462. The third kappa shape index (κ3) is 2.84. The summed E-state index contributed by atoms with van der Waals surface area (Å²) in [6, 6.07) is 2.33. The van der Waals surface area contributed by atoms with Crippen molar-refractivity contribution < 1.29 is 23.4 Å². The van der Waals surface area contributed by atoms with Gasteiger partial charge in [-0.3, -0.25) is 0 Å². The third-order valence-electron chi connectivity index (χ3n) is 3.59. The molecule has 7 heteroatoms. The number of aromatic carboxylic acids is 1. The molecule has 1 fully saturated rings. The molecule has 0 radical (unpaired) electrons. The molecule has 0 amide bonds. The van der Waals surface area contributed by atoms with Crippen molar-refractivity contribution in [3.63, 3.8) is 0 Å². The number of benzene rings is 1. The Kier molecular flexibility index (Phi) is 3.86. The van der Waals surface area contributed by atoms with E-state index in [0.717, 1.165) is 0 Å². The molecule has 0 spiro atoms. The standard InChI is InChI=1S/C13H17NO5S/c1-7-3-9(13(16)17)4-12(8(7)2)20(18,19)14-10-5-11(15)6-10/h3-4,10-11,14-15H,5-6H2,1-2H3,(H,16,17). The van der Waals surface area contributed by atoms with Gasteiger partial charge < -0.3 is 10.2 Å². The molecule has 1 aromatic rings. The van der Waals surface area contributed by atoms with E-state index in [1.54, 1.807) is 13.8 Å². The first-order valence-corrected chi connectivity index (χ1v) is 7.74. The number of sulfonamides is 1. The topological polar surface area (TPSA) is 104 Å². The maximum absolute atomic E-state index is 12.3. The zero-order valence-electron chi connectivity index (χ0n) is 11.3. The van der Waals surface area contributed by atoms with E-state index in [-0.39, 0.29) is 16.5 Å². The normalized spacial score (nSPS) is 22.4. The van der Waals surface area contributed by atoms with Crippen molar-refractivity contribution >= 4 is 16.0 Å². The highest BCUT2D eigenvalue weighted by molar-refractivity contribution is 7.89. The number of aliphatic hydroxyl groups is 1. The maximum atomic E-state index is 12.3. The maximum Gasteiger partial charge on any atom is 0.335 e. The van der Waals surface area contributed by atoms with E-state index >= 15 is 0 Å². The van der Waals surface area contributed by atoms with Gasteiger partial charge in [-0.15, -0.1) is 0 Å². The first kappa shape index (κ1) is 15.0. The Morgan fingerprint density at radius 1 is 1.30 bits per heavy atom. The summed E-state index contributed by atoms with van der Waals surface area (Å²) in [5, 5.41) is 18.2. The monoisotopic (exact) mass is 299 g/mol. The number of carbonyl (C=O) groups is 1. The van der Waals surface area contributed by atoms with Crippen LogP contribution >= 0.6 is 0 Å². The van der Waals surface area contributed by atoms with E-state index in [1.165, 1.54) is 12.1 Å². The van der Waals surface area contributed by atoms with Gasteiger partial charge in [0.05, 0.1) is 16.6 Å². The lowest BCUT2D eigenvalue weighted by molar-refractivity contribution is 0.0695. The number of carboxylic acid groups (broad SMARTS) is 1. The summed E-state index contributed by atoms with van der Waals surface area (Å²) in [6.45, 7) is 3.32. The van der Waals surface area contributed by atoms with Crippen molar-refractivity contribution in [1.82, 2.24) is 4.72 Å². The van der Waals surface area contributed by atoms with Gasteiger partial charge in [-0.1, -0.05) is 0 Å². The van der Waals surface area contributed by atoms with Crippen molar-refractivity contribution in [2.24, 2.45) is 0 Å². The highest BCUT2D eigenvalue weighted by Crippen LogP contribution is 2.25. The van der Waals surface area contributed by atoms with Gasteiger partial charge in [-0.05, 0) is 49.9 Å².